The summed E-state index contributed by atoms with van der Waals surface area (Å²) in [7, 11) is 3.01. The molecule has 0 bridgehead atoms. The molecule has 0 spiro atoms. The number of carbonyl (C=O) groups excluding carboxylic acids is 1. The van der Waals surface area contributed by atoms with Gasteiger partial charge in [-0.1, -0.05) is 17.4 Å². The molecule has 0 radical (unpaired) electrons. The first-order chi connectivity index (χ1) is 14.1. The Morgan fingerprint density at radius 1 is 1.17 bits per heavy atom. The Labute approximate surface area is 170 Å². The van der Waals surface area contributed by atoms with Crippen molar-refractivity contribution in [2.24, 2.45) is 0 Å². The van der Waals surface area contributed by atoms with E-state index in [9.17, 15) is 9.18 Å². The van der Waals surface area contributed by atoms with Crippen LogP contribution in [0.25, 0.3) is 10.2 Å². The van der Waals surface area contributed by atoms with E-state index in [4.69, 9.17) is 14.2 Å². The quantitative estimate of drug-likeness (QED) is 0.642. The third-order valence-electron chi connectivity index (χ3n) is 4.71. The van der Waals surface area contributed by atoms with Gasteiger partial charge in [0.05, 0.1) is 49.7 Å². The van der Waals surface area contributed by atoms with Crippen LogP contribution in [-0.2, 0) is 4.74 Å². The van der Waals surface area contributed by atoms with Gasteiger partial charge in [0, 0.05) is 0 Å². The van der Waals surface area contributed by atoms with Crippen molar-refractivity contribution in [3.8, 4) is 11.5 Å². The van der Waals surface area contributed by atoms with Crippen LogP contribution in [0.5, 0.6) is 11.5 Å². The number of hydrogen-bond donors (Lipinski definition) is 2. The van der Waals surface area contributed by atoms with Crippen LogP contribution in [0.3, 0.4) is 0 Å². The van der Waals surface area contributed by atoms with Gasteiger partial charge in [-0.2, -0.15) is 0 Å². The molecule has 2 aromatic carbocycles. The predicted molar refractivity (Wildman–Crippen MR) is 109 cm³/mol. The molecule has 1 aromatic heterocycles. The van der Waals surface area contributed by atoms with E-state index in [0.717, 1.165) is 10.2 Å². The van der Waals surface area contributed by atoms with Crippen LogP contribution in [0.2, 0.25) is 0 Å². The van der Waals surface area contributed by atoms with Crippen LogP contribution in [0.4, 0.5) is 9.52 Å². The topological polar surface area (TPSA) is 81.7 Å². The Morgan fingerprint density at radius 2 is 1.90 bits per heavy atom. The van der Waals surface area contributed by atoms with Gasteiger partial charge >= 0.3 is 0 Å². The Bertz CT molecular complexity index is 1020. The fraction of sp³-hybridized carbons (Fsp3) is 0.300. The Balaban J connectivity index is 1.51. The van der Waals surface area contributed by atoms with Gasteiger partial charge in [-0.15, -0.1) is 0 Å². The smallest absolute Gasteiger partial charge is 0.259 e. The van der Waals surface area contributed by atoms with Crippen molar-refractivity contribution in [1.29, 1.82) is 0 Å². The molecule has 1 aliphatic heterocycles. The average molecular weight is 417 g/mol. The highest BCUT2D eigenvalue weighted by Crippen LogP contribution is 2.30. The molecule has 2 N–H and O–H groups in total. The zero-order chi connectivity index (χ0) is 20.4. The maximum atomic E-state index is 13.4. The van der Waals surface area contributed by atoms with Crippen molar-refractivity contribution in [1.82, 2.24) is 10.3 Å². The summed E-state index contributed by atoms with van der Waals surface area (Å²) in [6.45, 7) is 0.776. The number of anilines is 1. The van der Waals surface area contributed by atoms with Crippen LogP contribution in [0.15, 0.2) is 36.4 Å². The molecular weight excluding hydrogens is 397 g/mol. The molecule has 1 fully saturated rings. The third kappa shape index (κ3) is 3.96. The largest absolute Gasteiger partial charge is 0.496 e. The van der Waals surface area contributed by atoms with E-state index in [2.05, 4.69) is 15.6 Å². The molecule has 0 saturated carbocycles. The number of fused-ring (bicyclic) bond motifs is 1. The Hall–Kier alpha value is -2.91. The van der Waals surface area contributed by atoms with E-state index in [1.54, 1.807) is 24.3 Å². The maximum Gasteiger partial charge on any atom is 0.259 e. The number of thiazole rings is 1. The molecule has 1 saturated heterocycles. The van der Waals surface area contributed by atoms with E-state index in [1.165, 1.54) is 37.7 Å². The van der Waals surface area contributed by atoms with Crippen LogP contribution >= 0.6 is 11.3 Å². The van der Waals surface area contributed by atoms with Gasteiger partial charge in [-0.3, -0.25) is 4.79 Å². The van der Waals surface area contributed by atoms with Gasteiger partial charge in [0.25, 0.3) is 5.91 Å². The summed E-state index contributed by atoms with van der Waals surface area (Å²) >= 11 is 1.36. The first-order valence-corrected chi connectivity index (χ1v) is 9.83. The van der Waals surface area contributed by atoms with Gasteiger partial charge in [0.2, 0.25) is 0 Å². The summed E-state index contributed by atoms with van der Waals surface area (Å²) in [5.41, 5.74) is 1.05. The molecule has 0 aliphatic carbocycles. The predicted octanol–water partition coefficient (Wildman–Crippen LogP) is 3.06. The molecule has 0 unspecified atom stereocenters. The van der Waals surface area contributed by atoms with Crippen molar-refractivity contribution >= 4 is 32.6 Å². The van der Waals surface area contributed by atoms with E-state index in [1.807, 2.05) is 0 Å². The number of carbonyl (C=O) groups is 1. The second-order valence-corrected chi connectivity index (χ2v) is 7.57. The summed E-state index contributed by atoms with van der Waals surface area (Å²) in [4.78, 5) is 17.4. The molecule has 2 atom stereocenters. The second kappa shape index (κ2) is 8.22. The van der Waals surface area contributed by atoms with Crippen molar-refractivity contribution in [3.05, 3.63) is 47.8 Å². The van der Waals surface area contributed by atoms with Crippen molar-refractivity contribution in [2.75, 3.05) is 32.8 Å². The molecular formula is C20H20FN3O4S. The van der Waals surface area contributed by atoms with Crippen molar-refractivity contribution < 1.29 is 23.4 Å². The number of nitrogens with zero attached hydrogens (tertiary/aromatic N) is 1. The van der Waals surface area contributed by atoms with Crippen LogP contribution in [0, 0.1) is 5.82 Å². The zero-order valence-electron chi connectivity index (χ0n) is 15.9. The number of ether oxygens (including phenoxy) is 3. The van der Waals surface area contributed by atoms with Crippen molar-refractivity contribution in [2.45, 2.75) is 12.1 Å². The summed E-state index contributed by atoms with van der Waals surface area (Å²) in [5.74, 6) is 0.248. The molecule has 152 valence electrons. The molecule has 7 nitrogen and oxygen atoms in total. The number of halogens is 1. The second-order valence-electron chi connectivity index (χ2n) is 6.54. The first kappa shape index (κ1) is 19.4. The SMILES string of the molecule is COc1cccc(OC)c1C(=O)N[C@H]1COC[C@@H]1Nc1nc2ccc(F)cc2s1. The fourth-order valence-corrected chi connectivity index (χ4v) is 4.23. The number of nitrogens with one attached hydrogen (secondary N) is 2. The summed E-state index contributed by atoms with van der Waals surface area (Å²) in [5, 5.41) is 6.93. The van der Waals surface area contributed by atoms with E-state index in [-0.39, 0.29) is 23.8 Å². The van der Waals surface area contributed by atoms with Gasteiger partial charge in [-0.05, 0) is 30.3 Å². The monoisotopic (exact) mass is 417 g/mol. The number of aromatic nitrogens is 1. The third-order valence-corrected chi connectivity index (χ3v) is 5.66. The summed E-state index contributed by atoms with van der Waals surface area (Å²) < 4.78 is 30.4. The van der Waals surface area contributed by atoms with Gasteiger partial charge < -0.3 is 24.8 Å². The van der Waals surface area contributed by atoms with Crippen LogP contribution < -0.4 is 20.1 Å². The minimum absolute atomic E-state index is 0.176. The number of hydrogen-bond acceptors (Lipinski definition) is 7. The molecule has 29 heavy (non-hydrogen) atoms. The van der Waals surface area contributed by atoms with E-state index in [0.29, 0.717) is 35.4 Å². The van der Waals surface area contributed by atoms with Gasteiger partial charge in [0.1, 0.15) is 22.9 Å². The van der Waals surface area contributed by atoms with E-state index < -0.39 is 0 Å². The average Bonchev–Trinajstić information content (AvgIpc) is 3.33. The summed E-state index contributed by atoms with van der Waals surface area (Å²) in [6.07, 6.45) is 0. The lowest BCUT2D eigenvalue weighted by molar-refractivity contribution is 0.0922. The molecule has 3 aromatic rings. The number of amides is 1. The molecule has 9 heteroatoms. The fourth-order valence-electron chi connectivity index (χ4n) is 3.27. The summed E-state index contributed by atoms with van der Waals surface area (Å²) in [6, 6.07) is 9.20. The Kier molecular flexibility index (Phi) is 5.50. The lowest BCUT2D eigenvalue weighted by Crippen LogP contribution is -2.46. The lowest BCUT2D eigenvalue weighted by Gasteiger charge is -2.21. The minimum Gasteiger partial charge on any atom is -0.496 e. The highest BCUT2D eigenvalue weighted by Gasteiger charge is 2.32. The molecule has 1 amide bonds. The molecule has 2 heterocycles. The van der Waals surface area contributed by atoms with Crippen LogP contribution in [-0.4, -0.2) is 50.4 Å². The lowest BCUT2D eigenvalue weighted by atomic mass is 10.1. The zero-order valence-corrected chi connectivity index (χ0v) is 16.7. The standard InChI is InChI=1S/C20H20FN3O4S/c1-26-15-4-3-5-16(27-2)18(15)19(25)22-13-9-28-10-14(13)24-20-23-12-7-6-11(21)8-17(12)29-20/h3-8,13-14H,9-10H2,1-2H3,(H,22,25)(H,23,24)/t13-,14-/m0/s1. The minimum atomic E-state index is -0.312. The number of methoxy groups -OCH3 is 2. The van der Waals surface area contributed by atoms with Gasteiger partial charge in [0.15, 0.2) is 5.13 Å². The molecule has 1 aliphatic rings. The molecule has 4 rings (SSSR count). The maximum absolute atomic E-state index is 13.4. The highest BCUT2D eigenvalue weighted by molar-refractivity contribution is 7.22. The highest BCUT2D eigenvalue weighted by atomic mass is 32.1. The Morgan fingerprint density at radius 3 is 2.62 bits per heavy atom. The number of benzene rings is 2. The normalized spacial score (nSPS) is 18.6. The van der Waals surface area contributed by atoms with Crippen molar-refractivity contribution in [3.63, 3.8) is 0 Å². The van der Waals surface area contributed by atoms with Crippen LogP contribution in [0.1, 0.15) is 10.4 Å². The number of rotatable bonds is 6. The van der Waals surface area contributed by atoms with Gasteiger partial charge in [-0.25, -0.2) is 9.37 Å². The van der Waals surface area contributed by atoms with E-state index >= 15 is 0 Å². The first-order valence-electron chi connectivity index (χ1n) is 9.01.